The van der Waals surface area contributed by atoms with Crippen LogP contribution in [0.25, 0.3) is 5.69 Å². The fourth-order valence-electron chi connectivity index (χ4n) is 3.09. The van der Waals surface area contributed by atoms with Crippen LogP contribution in [0.1, 0.15) is 24.2 Å². The van der Waals surface area contributed by atoms with Crippen LogP contribution in [0, 0.1) is 18.6 Å². The molecule has 0 unspecified atom stereocenters. The summed E-state index contributed by atoms with van der Waals surface area (Å²) >= 11 is 5.65. The van der Waals surface area contributed by atoms with E-state index in [1.807, 2.05) is 28.3 Å². The van der Waals surface area contributed by atoms with Crippen LogP contribution in [0.2, 0.25) is 0 Å². The molecule has 1 aromatic carbocycles. The van der Waals surface area contributed by atoms with Gasteiger partial charge in [0.15, 0.2) is 6.67 Å². The van der Waals surface area contributed by atoms with Gasteiger partial charge in [0.25, 0.3) is 0 Å². The van der Waals surface area contributed by atoms with Crippen LogP contribution in [0.3, 0.4) is 0 Å². The smallest absolute Gasteiger partial charge is 0.207 e. The molecule has 1 saturated heterocycles. The summed E-state index contributed by atoms with van der Waals surface area (Å²) in [7, 11) is 0. The Bertz CT molecular complexity index is 713. The summed E-state index contributed by atoms with van der Waals surface area (Å²) in [5.41, 5.74) is 2.29. The molecule has 0 aliphatic carbocycles. The van der Waals surface area contributed by atoms with Crippen molar-refractivity contribution in [3.63, 3.8) is 0 Å². The Hall–Kier alpha value is -1.50. The van der Waals surface area contributed by atoms with Gasteiger partial charge in [0, 0.05) is 12.8 Å². The molecule has 22 heavy (non-hydrogen) atoms. The zero-order chi connectivity index (χ0) is 15.7. The molecule has 2 heterocycles. The predicted octanol–water partition coefficient (Wildman–Crippen LogP) is 1.02. The maximum absolute atomic E-state index is 9.61. The average molecular weight is 319 g/mol. The van der Waals surface area contributed by atoms with Crippen LogP contribution in [0.15, 0.2) is 24.3 Å². The highest BCUT2D eigenvalue weighted by atomic mass is 32.1. The molecule has 5 nitrogen and oxygen atoms in total. The van der Waals surface area contributed by atoms with Crippen molar-refractivity contribution in [2.24, 2.45) is 0 Å². The number of nitrogens with zero attached hydrogens (tertiary/aromatic N) is 3. The number of aromatic nitrogens is 3. The van der Waals surface area contributed by atoms with Gasteiger partial charge in [0.05, 0.1) is 24.9 Å². The molecular weight excluding hydrogens is 296 g/mol. The minimum Gasteiger partial charge on any atom is -0.393 e. The highest BCUT2D eigenvalue weighted by Gasteiger charge is 2.21. The molecular formula is C16H23N4OS+. The fraction of sp³-hybridized carbons (Fsp3) is 0.500. The van der Waals surface area contributed by atoms with Gasteiger partial charge in [-0.1, -0.05) is 18.2 Å². The highest BCUT2D eigenvalue weighted by molar-refractivity contribution is 7.71. The van der Waals surface area contributed by atoms with Crippen molar-refractivity contribution in [3.05, 3.63) is 40.4 Å². The average Bonchev–Trinajstić information content (AvgIpc) is 2.77. The molecule has 6 heteroatoms. The lowest BCUT2D eigenvalue weighted by Crippen LogP contribution is -3.12. The van der Waals surface area contributed by atoms with Crippen molar-refractivity contribution in [2.75, 3.05) is 13.1 Å². The van der Waals surface area contributed by atoms with Crippen molar-refractivity contribution in [2.45, 2.75) is 39.5 Å². The quantitative estimate of drug-likeness (QED) is 0.831. The first kappa shape index (κ1) is 15.4. The van der Waals surface area contributed by atoms with E-state index in [0.29, 0.717) is 0 Å². The summed E-state index contributed by atoms with van der Waals surface area (Å²) in [4.78, 5) is 1.43. The second-order valence-corrected chi connectivity index (χ2v) is 6.46. The van der Waals surface area contributed by atoms with E-state index in [4.69, 9.17) is 12.2 Å². The highest BCUT2D eigenvalue weighted by Crippen LogP contribution is 2.16. The lowest BCUT2D eigenvalue weighted by Gasteiger charge is -2.26. The molecule has 2 N–H and O–H groups in total. The van der Waals surface area contributed by atoms with Crippen LogP contribution >= 0.6 is 12.2 Å². The number of quaternary nitrogens is 1. The van der Waals surface area contributed by atoms with Crippen LogP contribution in [0.5, 0.6) is 0 Å². The number of piperidine rings is 1. The monoisotopic (exact) mass is 319 g/mol. The number of nitrogens with one attached hydrogen (secondary N) is 1. The second-order valence-electron chi connectivity index (χ2n) is 6.09. The van der Waals surface area contributed by atoms with Gasteiger partial charge in [-0.05, 0) is 37.7 Å². The first-order valence-electron chi connectivity index (χ1n) is 7.80. The van der Waals surface area contributed by atoms with E-state index >= 15 is 0 Å². The maximum Gasteiger partial charge on any atom is 0.207 e. The summed E-state index contributed by atoms with van der Waals surface area (Å²) in [5.74, 6) is 0.913. The number of aryl methyl sites for hydroxylation is 2. The standard InChI is InChI=1S/C16H22N4OS/c1-12-5-3-4-6-15(12)20-13(2)17-19(16(20)22)11-18-9-7-14(21)8-10-18/h3-6,14,21H,7-11H2,1-2H3/p+1. The Morgan fingerprint density at radius 3 is 2.64 bits per heavy atom. The number of aliphatic hydroxyl groups is 1. The topological polar surface area (TPSA) is 47.4 Å². The number of hydrogen-bond donors (Lipinski definition) is 2. The molecule has 1 aliphatic rings. The molecule has 1 aromatic heterocycles. The number of para-hydroxylation sites is 1. The van der Waals surface area contributed by atoms with Gasteiger partial charge in [-0.2, -0.15) is 9.78 Å². The number of hydrogen-bond acceptors (Lipinski definition) is 3. The Balaban J connectivity index is 1.88. The molecule has 0 atom stereocenters. The van der Waals surface area contributed by atoms with Crippen LogP contribution in [-0.4, -0.2) is 38.6 Å². The summed E-state index contributed by atoms with van der Waals surface area (Å²) in [6.07, 6.45) is 1.59. The Kier molecular flexibility index (Phi) is 4.42. The summed E-state index contributed by atoms with van der Waals surface area (Å²) in [5, 5.41) is 14.2. The van der Waals surface area contributed by atoms with Crippen LogP contribution < -0.4 is 4.90 Å². The molecule has 2 aromatic rings. The molecule has 0 bridgehead atoms. The summed E-state index contributed by atoms with van der Waals surface area (Å²) in [6.45, 7) is 6.79. The maximum atomic E-state index is 9.61. The lowest BCUT2D eigenvalue weighted by atomic mass is 10.1. The molecule has 0 radical (unpaired) electrons. The van der Waals surface area contributed by atoms with Gasteiger partial charge >= 0.3 is 0 Å². The SMILES string of the molecule is Cc1ccccc1-n1c(C)nn(C[NH+]2CCC(O)CC2)c1=S. The van der Waals surface area contributed by atoms with E-state index in [9.17, 15) is 5.11 Å². The van der Waals surface area contributed by atoms with Crippen molar-refractivity contribution in [1.82, 2.24) is 14.3 Å². The zero-order valence-electron chi connectivity index (χ0n) is 13.1. The van der Waals surface area contributed by atoms with Crippen LogP contribution in [0.4, 0.5) is 0 Å². The lowest BCUT2D eigenvalue weighted by molar-refractivity contribution is -0.929. The van der Waals surface area contributed by atoms with Gasteiger partial charge < -0.3 is 10.0 Å². The van der Waals surface area contributed by atoms with E-state index in [2.05, 4.69) is 24.2 Å². The van der Waals surface area contributed by atoms with Crippen LogP contribution in [-0.2, 0) is 6.67 Å². The molecule has 118 valence electrons. The van der Waals surface area contributed by atoms with Gasteiger partial charge in [-0.15, -0.1) is 0 Å². The summed E-state index contributed by atoms with van der Waals surface area (Å²) < 4.78 is 4.71. The van der Waals surface area contributed by atoms with Crippen molar-refractivity contribution < 1.29 is 10.0 Å². The van der Waals surface area contributed by atoms with Gasteiger partial charge in [-0.25, -0.2) is 0 Å². The minimum absolute atomic E-state index is 0.136. The zero-order valence-corrected chi connectivity index (χ0v) is 13.9. The first-order valence-corrected chi connectivity index (χ1v) is 8.21. The number of benzene rings is 1. The molecule has 1 fully saturated rings. The number of likely N-dealkylation sites (tertiary alicyclic amines) is 1. The van der Waals surface area contributed by atoms with Gasteiger partial charge in [0.1, 0.15) is 5.82 Å². The Morgan fingerprint density at radius 2 is 1.95 bits per heavy atom. The normalized spacial score (nSPS) is 22.0. The molecule has 0 saturated carbocycles. The third-order valence-electron chi connectivity index (χ3n) is 4.39. The molecule has 1 aliphatic heterocycles. The molecule has 0 amide bonds. The van der Waals surface area contributed by atoms with E-state index < -0.39 is 0 Å². The fourth-order valence-corrected chi connectivity index (χ4v) is 3.43. The molecule has 0 spiro atoms. The minimum atomic E-state index is -0.136. The third kappa shape index (κ3) is 2.99. The largest absolute Gasteiger partial charge is 0.393 e. The van der Waals surface area contributed by atoms with Crippen molar-refractivity contribution in [3.8, 4) is 5.69 Å². The van der Waals surface area contributed by atoms with Gasteiger partial charge in [0.2, 0.25) is 4.77 Å². The third-order valence-corrected chi connectivity index (χ3v) is 4.79. The second kappa shape index (κ2) is 6.32. The van der Waals surface area contributed by atoms with E-state index in [1.165, 1.54) is 10.5 Å². The Labute approximate surface area is 135 Å². The molecule has 3 rings (SSSR count). The van der Waals surface area contributed by atoms with E-state index in [0.717, 1.165) is 48.9 Å². The Morgan fingerprint density at radius 1 is 1.27 bits per heavy atom. The number of rotatable bonds is 3. The van der Waals surface area contributed by atoms with Gasteiger partial charge in [-0.3, -0.25) is 4.57 Å². The first-order chi connectivity index (χ1) is 10.6. The predicted molar refractivity (Wildman–Crippen MR) is 87.8 cm³/mol. The number of aliphatic hydroxyl groups excluding tert-OH is 1. The van der Waals surface area contributed by atoms with E-state index in [-0.39, 0.29) is 6.10 Å². The van der Waals surface area contributed by atoms with Crippen molar-refractivity contribution in [1.29, 1.82) is 0 Å². The van der Waals surface area contributed by atoms with Crippen molar-refractivity contribution >= 4 is 12.2 Å². The van der Waals surface area contributed by atoms with E-state index in [1.54, 1.807) is 0 Å². The summed E-state index contributed by atoms with van der Waals surface area (Å²) in [6, 6.07) is 8.23.